The van der Waals surface area contributed by atoms with Crippen molar-refractivity contribution >= 4 is 5.91 Å². The largest absolute Gasteiger partial charge is 0.486 e. The molecule has 152 valence electrons. The molecule has 1 amide bonds. The van der Waals surface area contributed by atoms with E-state index in [2.05, 4.69) is 22.0 Å². The molecule has 0 bridgehead atoms. The molecule has 5 rings (SSSR count). The van der Waals surface area contributed by atoms with Gasteiger partial charge in [-0.2, -0.15) is 0 Å². The lowest BCUT2D eigenvalue weighted by atomic mass is 9.85. The molecule has 3 aliphatic rings. The van der Waals surface area contributed by atoms with Crippen molar-refractivity contribution in [3.63, 3.8) is 0 Å². The van der Waals surface area contributed by atoms with E-state index >= 15 is 0 Å². The number of rotatable bonds is 4. The minimum Gasteiger partial charge on any atom is -0.486 e. The van der Waals surface area contributed by atoms with Crippen LogP contribution in [-0.4, -0.2) is 52.5 Å². The molecule has 2 fully saturated rings. The second-order valence-electron chi connectivity index (χ2n) is 8.19. The first-order valence-corrected chi connectivity index (χ1v) is 10.6. The number of carbonyl (C=O) groups excluding carboxylic acids is 1. The van der Waals surface area contributed by atoms with Crippen molar-refractivity contribution in [3.8, 4) is 11.5 Å². The van der Waals surface area contributed by atoms with Gasteiger partial charge in [-0.05, 0) is 62.1 Å². The molecule has 0 N–H and O–H groups in total. The highest BCUT2D eigenvalue weighted by molar-refractivity contribution is 5.87. The smallest absolute Gasteiger partial charge is 0.243 e. The molecular weight excluding hydrogens is 366 g/mol. The Morgan fingerprint density at radius 1 is 0.966 bits per heavy atom. The number of benzene rings is 1. The first-order chi connectivity index (χ1) is 14.2. The molecule has 3 aliphatic heterocycles. The Kier molecular flexibility index (Phi) is 4.87. The zero-order valence-electron chi connectivity index (χ0n) is 16.7. The number of nitrogens with zero attached hydrogens (tertiary/aromatic N) is 3. The topological polar surface area (TPSA) is 54.9 Å². The number of piperidine rings is 1. The lowest BCUT2D eigenvalue weighted by Gasteiger charge is -2.44. The quantitative estimate of drug-likeness (QED) is 0.799. The molecule has 2 aromatic rings. The van der Waals surface area contributed by atoms with E-state index in [1.807, 2.05) is 29.2 Å². The summed E-state index contributed by atoms with van der Waals surface area (Å²) in [6.07, 6.45) is 5.78. The van der Waals surface area contributed by atoms with Crippen LogP contribution in [0.25, 0.3) is 0 Å². The van der Waals surface area contributed by atoms with E-state index in [-0.39, 0.29) is 11.4 Å². The number of ether oxygens (including phenoxy) is 2. The van der Waals surface area contributed by atoms with Crippen LogP contribution in [-0.2, 0) is 17.9 Å². The number of likely N-dealkylation sites (tertiary alicyclic amines) is 2. The molecule has 1 aromatic heterocycles. The molecule has 1 atom stereocenters. The van der Waals surface area contributed by atoms with Gasteiger partial charge in [-0.25, -0.2) is 0 Å². The Morgan fingerprint density at radius 2 is 1.79 bits per heavy atom. The summed E-state index contributed by atoms with van der Waals surface area (Å²) < 4.78 is 11.4. The Bertz CT molecular complexity index is 888. The van der Waals surface area contributed by atoms with Crippen LogP contribution in [0.5, 0.6) is 11.5 Å². The van der Waals surface area contributed by atoms with Crippen LogP contribution in [0.15, 0.2) is 42.6 Å². The van der Waals surface area contributed by atoms with Gasteiger partial charge in [-0.3, -0.25) is 14.7 Å². The lowest BCUT2D eigenvalue weighted by molar-refractivity contribution is -0.148. The number of hydrogen-bond acceptors (Lipinski definition) is 5. The molecule has 0 radical (unpaired) electrons. The third kappa shape index (κ3) is 3.46. The minimum atomic E-state index is -0.375. The van der Waals surface area contributed by atoms with E-state index < -0.39 is 0 Å². The molecule has 1 aromatic carbocycles. The van der Waals surface area contributed by atoms with Crippen LogP contribution < -0.4 is 9.47 Å². The van der Waals surface area contributed by atoms with Gasteiger partial charge >= 0.3 is 0 Å². The molecule has 1 spiro atoms. The van der Waals surface area contributed by atoms with Crippen molar-refractivity contribution in [2.24, 2.45) is 0 Å². The average Bonchev–Trinajstić information content (AvgIpc) is 3.15. The summed E-state index contributed by atoms with van der Waals surface area (Å²) >= 11 is 0. The monoisotopic (exact) mass is 393 g/mol. The molecule has 4 heterocycles. The summed E-state index contributed by atoms with van der Waals surface area (Å²) in [7, 11) is 0. The fraction of sp³-hybridized carbons (Fsp3) is 0.478. The Balaban J connectivity index is 1.35. The minimum absolute atomic E-state index is 0.268. The third-order valence-corrected chi connectivity index (χ3v) is 6.39. The average molecular weight is 393 g/mol. The predicted octanol–water partition coefficient (Wildman–Crippen LogP) is 3.01. The maximum absolute atomic E-state index is 13.6. The summed E-state index contributed by atoms with van der Waals surface area (Å²) in [4.78, 5) is 22.4. The summed E-state index contributed by atoms with van der Waals surface area (Å²) in [5, 5.41) is 0. The van der Waals surface area contributed by atoms with E-state index in [4.69, 9.17) is 9.47 Å². The van der Waals surface area contributed by atoms with Gasteiger partial charge in [0.2, 0.25) is 5.91 Å². The predicted molar refractivity (Wildman–Crippen MR) is 109 cm³/mol. The number of amides is 1. The number of aromatic nitrogens is 1. The Morgan fingerprint density at radius 3 is 2.62 bits per heavy atom. The van der Waals surface area contributed by atoms with Crippen LogP contribution in [0.2, 0.25) is 0 Å². The van der Waals surface area contributed by atoms with Gasteiger partial charge in [0.15, 0.2) is 11.5 Å². The zero-order valence-corrected chi connectivity index (χ0v) is 16.7. The number of hydrogen-bond donors (Lipinski definition) is 0. The highest BCUT2D eigenvalue weighted by atomic mass is 16.6. The standard InChI is InChI=1S/C23H27N3O3/c27-22-23(8-3-11-25(22)17-19-5-1-2-10-24-19)9-4-12-26(23)16-18-6-7-20-21(15-18)29-14-13-28-20/h1-2,5-7,10,15H,3-4,8-9,11-14,16-17H2. The maximum atomic E-state index is 13.6. The molecule has 2 saturated heterocycles. The second kappa shape index (κ2) is 7.67. The van der Waals surface area contributed by atoms with Crippen molar-refractivity contribution in [2.75, 3.05) is 26.3 Å². The lowest BCUT2D eigenvalue weighted by Crippen LogP contribution is -2.59. The van der Waals surface area contributed by atoms with Crippen molar-refractivity contribution in [1.29, 1.82) is 0 Å². The third-order valence-electron chi connectivity index (χ3n) is 6.39. The van der Waals surface area contributed by atoms with Gasteiger partial charge in [0.25, 0.3) is 0 Å². The number of pyridine rings is 1. The SMILES string of the molecule is O=C1N(Cc2ccccn2)CCCC12CCCN2Cc1ccc2c(c1)OCCO2. The molecule has 0 saturated carbocycles. The fourth-order valence-electron chi connectivity index (χ4n) is 5.00. The maximum Gasteiger partial charge on any atom is 0.243 e. The van der Waals surface area contributed by atoms with Crippen molar-refractivity contribution in [1.82, 2.24) is 14.8 Å². The van der Waals surface area contributed by atoms with Gasteiger partial charge in [-0.15, -0.1) is 0 Å². The van der Waals surface area contributed by atoms with Crippen LogP contribution in [0.4, 0.5) is 0 Å². The van der Waals surface area contributed by atoms with Gasteiger partial charge < -0.3 is 14.4 Å². The Labute approximate surface area is 171 Å². The zero-order chi connectivity index (χ0) is 19.7. The molecular formula is C23H27N3O3. The van der Waals surface area contributed by atoms with Gasteiger partial charge in [0.05, 0.1) is 12.2 Å². The normalized spacial score (nSPS) is 24.3. The van der Waals surface area contributed by atoms with Gasteiger partial charge in [0, 0.05) is 19.3 Å². The summed E-state index contributed by atoms with van der Waals surface area (Å²) in [5.41, 5.74) is 1.75. The summed E-state index contributed by atoms with van der Waals surface area (Å²) in [6.45, 7) is 4.32. The van der Waals surface area contributed by atoms with E-state index in [9.17, 15) is 4.79 Å². The van der Waals surface area contributed by atoms with Crippen LogP contribution >= 0.6 is 0 Å². The van der Waals surface area contributed by atoms with Gasteiger partial charge in [0.1, 0.15) is 18.8 Å². The Hall–Kier alpha value is -2.60. The van der Waals surface area contributed by atoms with Crippen LogP contribution in [0.1, 0.15) is 36.9 Å². The number of fused-ring (bicyclic) bond motifs is 1. The highest BCUT2D eigenvalue weighted by Gasteiger charge is 2.50. The molecule has 6 nitrogen and oxygen atoms in total. The van der Waals surface area contributed by atoms with Gasteiger partial charge in [-0.1, -0.05) is 12.1 Å². The molecule has 1 unspecified atom stereocenters. The van der Waals surface area contributed by atoms with E-state index in [0.29, 0.717) is 19.8 Å². The van der Waals surface area contributed by atoms with E-state index in [1.165, 1.54) is 5.56 Å². The van der Waals surface area contributed by atoms with Crippen molar-refractivity contribution in [3.05, 3.63) is 53.9 Å². The first-order valence-electron chi connectivity index (χ1n) is 10.6. The van der Waals surface area contributed by atoms with Crippen molar-refractivity contribution < 1.29 is 14.3 Å². The highest BCUT2D eigenvalue weighted by Crippen LogP contribution is 2.40. The van der Waals surface area contributed by atoms with E-state index in [0.717, 1.165) is 62.5 Å². The molecule has 6 heteroatoms. The van der Waals surface area contributed by atoms with Crippen LogP contribution in [0, 0.1) is 0 Å². The van der Waals surface area contributed by atoms with Crippen LogP contribution in [0.3, 0.4) is 0 Å². The summed E-state index contributed by atoms with van der Waals surface area (Å²) in [5.74, 6) is 1.89. The fourth-order valence-corrected chi connectivity index (χ4v) is 5.00. The first kappa shape index (κ1) is 18.4. The molecule has 29 heavy (non-hydrogen) atoms. The molecule has 0 aliphatic carbocycles. The number of carbonyl (C=O) groups is 1. The van der Waals surface area contributed by atoms with E-state index in [1.54, 1.807) is 6.20 Å². The summed E-state index contributed by atoms with van der Waals surface area (Å²) in [6, 6.07) is 12.0. The second-order valence-corrected chi connectivity index (χ2v) is 8.19. The van der Waals surface area contributed by atoms with Crippen molar-refractivity contribution in [2.45, 2.75) is 44.3 Å².